The summed E-state index contributed by atoms with van der Waals surface area (Å²) in [6.07, 6.45) is 2.98. The largest absolute Gasteiger partial charge is 0.364 e. The van der Waals surface area contributed by atoms with Crippen LogP contribution < -0.4 is 0 Å². The molecular formula is C15H14N4O2. The summed E-state index contributed by atoms with van der Waals surface area (Å²) < 4.78 is 4.81. The normalized spacial score (nSPS) is 12.3. The molecule has 2 aromatic heterocycles. The van der Waals surface area contributed by atoms with Gasteiger partial charge in [0.2, 0.25) is 0 Å². The molecule has 21 heavy (non-hydrogen) atoms. The number of benzene rings is 1. The summed E-state index contributed by atoms with van der Waals surface area (Å²) >= 11 is 0. The van der Waals surface area contributed by atoms with Crippen molar-refractivity contribution in [2.45, 2.75) is 13.0 Å². The number of amides is 1. The lowest BCUT2D eigenvalue weighted by atomic mass is 10.2. The van der Waals surface area contributed by atoms with Crippen molar-refractivity contribution in [2.24, 2.45) is 0 Å². The standard InChI is InChI=1S/C15H14N4O2/c1-10(11-7-8-21-18-11)19(2)15(20)14-9-16-12-5-3-4-6-13(12)17-14/h3-10H,1-2H3. The Kier molecular flexibility index (Phi) is 3.35. The average Bonchev–Trinajstić information content (AvgIpc) is 3.06. The molecule has 0 bridgehead atoms. The number of aromatic nitrogens is 3. The second kappa shape index (κ2) is 5.32. The number of hydrogen-bond donors (Lipinski definition) is 0. The van der Waals surface area contributed by atoms with Gasteiger partial charge in [-0.25, -0.2) is 4.98 Å². The van der Waals surface area contributed by atoms with Crippen LogP contribution in [0.3, 0.4) is 0 Å². The molecule has 6 heteroatoms. The lowest BCUT2D eigenvalue weighted by molar-refractivity contribution is 0.0731. The molecule has 0 aliphatic carbocycles. The summed E-state index contributed by atoms with van der Waals surface area (Å²) in [4.78, 5) is 22.7. The summed E-state index contributed by atoms with van der Waals surface area (Å²) in [5.74, 6) is -0.205. The first kappa shape index (κ1) is 13.2. The fourth-order valence-corrected chi connectivity index (χ4v) is 2.05. The van der Waals surface area contributed by atoms with E-state index in [2.05, 4.69) is 15.1 Å². The summed E-state index contributed by atoms with van der Waals surface area (Å²) in [6.45, 7) is 1.88. The predicted octanol–water partition coefficient (Wildman–Crippen LogP) is 2.45. The fraction of sp³-hybridized carbons (Fsp3) is 0.200. The van der Waals surface area contributed by atoms with Crippen LogP contribution in [0.1, 0.15) is 29.1 Å². The minimum Gasteiger partial charge on any atom is -0.364 e. The van der Waals surface area contributed by atoms with E-state index in [1.165, 1.54) is 12.5 Å². The molecule has 6 nitrogen and oxygen atoms in total. The van der Waals surface area contributed by atoms with Crippen molar-refractivity contribution in [1.29, 1.82) is 0 Å². The Balaban J connectivity index is 1.89. The molecule has 0 aliphatic heterocycles. The van der Waals surface area contributed by atoms with Crippen LogP contribution in [-0.4, -0.2) is 33.0 Å². The zero-order valence-corrected chi connectivity index (χ0v) is 11.7. The maximum absolute atomic E-state index is 12.5. The van der Waals surface area contributed by atoms with Gasteiger partial charge in [0.15, 0.2) is 0 Å². The van der Waals surface area contributed by atoms with Gasteiger partial charge in [-0.3, -0.25) is 9.78 Å². The van der Waals surface area contributed by atoms with Crippen LogP contribution in [0.15, 0.2) is 47.3 Å². The SMILES string of the molecule is CC(c1ccon1)N(C)C(=O)c1cnc2ccccc2n1. The van der Waals surface area contributed by atoms with Crippen LogP contribution in [0.4, 0.5) is 0 Å². The molecule has 0 N–H and O–H groups in total. The Morgan fingerprint density at radius 2 is 2.00 bits per heavy atom. The Bertz CT molecular complexity index is 770. The number of para-hydroxylation sites is 2. The van der Waals surface area contributed by atoms with Crippen molar-refractivity contribution in [3.05, 3.63) is 54.2 Å². The predicted molar refractivity (Wildman–Crippen MR) is 76.5 cm³/mol. The third kappa shape index (κ3) is 2.47. The second-order valence-electron chi connectivity index (χ2n) is 4.76. The number of carbonyl (C=O) groups excluding carboxylic acids is 1. The summed E-state index contributed by atoms with van der Waals surface area (Å²) in [5.41, 5.74) is 2.47. The van der Waals surface area contributed by atoms with Gasteiger partial charge in [-0.1, -0.05) is 17.3 Å². The zero-order valence-electron chi connectivity index (χ0n) is 11.7. The van der Waals surface area contributed by atoms with Gasteiger partial charge in [-0.05, 0) is 19.1 Å². The highest BCUT2D eigenvalue weighted by Crippen LogP contribution is 2.19. The maximum Gasteiger partial charge on any atom is 0.274 e. The van der Waals surface area contributed by atoms with Crippen LogP contribution in [0.5, 0.6) is 0 Å². The molecule has 1 amide bonds. The van der Waals surface area contributed by atoms with E-state index in [-0.39, 0.29) is 11.9 Å². The molecule has 0 radical (unpaired) electrons. The molecular weight excluding hydrogens is 268 g/mol. The van der Waals surface area contributed by atoms with Gasteiger partial charge >= 0.3 is 0 Å². The number of fused-ring (bicyclic) bond motifs is 1. The van der Waals surface area contributed by atoms with E-state index in [1.54, 1.807) is 18.0 Å². The quantitative estimate of drug-likeness (QED) is 0.737. The molecule has 0 aliphatic rings. The fourth-order valence-electron chi connectivity index (χ4n) is 2.05. The van der Waals surface area contributed by atoms with Crippen molar-refractivity contribution in [2.75, 3.05) is 7.05 Å². The van der Waals surface area contributed by atoms with E-state index in [4.69, 9.17) is 4.52 Å². The van der Waals surface area contributed by atoms with E-state index in [0.29, 0.717) is 16.9 Å². The molecule has 1 aromatic carbocycles. The van der Waals surface area contributed by atoms with Crippen molar-refractivity contribution in [3.8, 4) is 0 Å². The third-order valence-electron chi connectivity index (χ3n) is 3.45. The van der Waals surface area contributed by atoms with Crippen molar-refractivity contribution in [3.63, 3.8) is 0 Å². The van der Waals surface area contributed by atoms with Gasteiger partial charge in [0, 0.05) is 13.1 Å². The Hall–Kier alpha value is -2.76. The highest BCUT2D eigenvalue weighted by atomic mass is 16.5. The van der Waals surface area contributed by atoms with Crippen molar-refractivity contribution < 1.29 is 9.32 Å². The van der Waals surface area contributed by atoms with Crippen LogP contribution in [0, 0.1) is 0 Å². The second-order valence-corrected chi connectivity index (χ2v) is 4.76. The number of hydrogen-bond acceptors (Lipinski definition) is 5. The van der Waals surface area contributed by atoms with Gasteiger partial charge in [0.1, 0.15) is 17.7 Å². The van der Waals surface area contributed by atoms with Crippen molar-refractivity contribution in [1.82, 2.24) is 20.0 Å². The van der Waals surface area contributed by atoms with Gasteiger partial charge < -0.3 is 9.42 Å². The summed E-state index contributed by atoms with van der Waals surface area (Å²) in [5, 5.41) is 3.86. The number of carbonyl (C=O) groups is 1. The van der Waals surface area contributed by atoms with E-state index < -0.39 is 0 Å². The number of rotatable bonds is 3. The van der Waals surface area contributed by atoms with E-state index >= 15 is 0 Å². The molecule has 0 fully saturated rings. The van der Waals surface area contributed by atoms with E-state index in [1.807, 2.05) is 31.2 Å². The molecule has 1 unspecified atom stereocenters. The summed E-state index contributed by atoms with van der Waals surface area (Å²) in [6, 6.07) is 8.98. The highest BCUT2D eigenvalue weighted by Gasteiger charge is 2.22. The monoisotopic (exact) mass is 282 g/mol. The molecule has 106 valence electrons. The molecule has 0 saturated heterocycles. The first-order chi connectivity index (χ1) is 10.2. The Morgan fingerprint density at radius 3 is 2.71 bits per heavy atom. The van der Waals surface area contributed by atoms with E-state index in [9.17, 15) is 4.79 Å². The van der Waals surface area contributed by atoms with Crippen molar-refractivity contribution >= 4 is 16.9 Å². The first-order valence-corrected chi connectivity index (χ1v) is 6.56. The van der Waals surface area contributed by atoms with Crippen LogP contribution in [0.2, 0.25) is 0 Å². The van der Waals surface area contributed by atoms with Crippen LogP contribution in [-0.2, 0) is 0 Å². The van der Waals surface area contributed by atoms with Gasteiger partial charge in [-0.2, -0.15) is 0 Å². The first-order valence-electron chi connectivity index (χ1n) is 6.56. The minimum absolute atomic E-state index is 0.204. The lowest BCUT2D eigenvalue weighted by Crippen LogP contribution is -2.30. The van der Waals surface area contributed by atoms with Gasteiger partial charge in [-0.15, -0.1) is 0 Å². The highest BCUT2D eigenvalue weighted by molar-refractivity contribution is 5.93. The van der Waals surface area contributed by atoms with E-state index in [0.717, 1.165) is 5.52 Å². The number of nitrogens with zero attached hydrogens (tertiary/aromatic N) is 4. The maximum atomic E-state index is 12.5. The molecule has 2 heterocycles. The van der Waals surface area contributed by atoms with Gasteiger partial charge in [0.25, 0.3) is 5.91 Å². The Morgan fingerprint density at radius 1 is 1.24 bits per heavy atom. The molecule has 0 saturated carbocycles. The molecule has 3 rings (SSSR count). The van der Waals surface area contributed by atoms with Gasteiger partial charge in [0.05, 0.1) is 23.3 Å². The molecule has 1 atom stereocenters. The third-order valence-corrected chi connectivity index (χ3v) is 3.45. The Labute approximate surface area is 121 Å². The van der Waals surface area contributed by atoms with Crippen LogP contribution in [0.25, 0.3) is 11.0 Å². The van der Waals surface area contributed by atoms with Crippen LogP contribution >= 0.6 is 0 Å². The average molecular weight is 282 g/mol. The molecule has 3 aromatic rings. The molecule has 0 spiro atoms. The lowest BCUT2D eigenvalue weighted by Gasteiger charge is -2.22. The topological polar surface area (TPSA) is 72.1 Å². The minimum atomic E-state index is -0.205. The smallest absolute Gasteiger partial charge is 0.274 e. The summed E-state index contributed by atoms with van der Waals surface area (Å²) in [7, 11) is 1.71. The zero-order chi connectivity index (χ0) is 14.8.